The minimum atomic E-state index is -0.369. The van der Waals surface area contributed by atoms with Crippen molar-refractivity contribution in [2.75, 3.05) is 6.61 Å². The van der Waals surface area contributed by atoms with Gasteiger partial charge in [0.1, 0.15) is 18.0 Å². The first-order chi connectivity index (χ1) is 9.28. The van der Waals surface area contributed by atoms with E-state index in [1.807, 2.05) is 6.07 Å². The molecule has 3 atom stereocenters. The lowest BCUT2D eigenvalue weighted by Gasteiger charge is -2.40. The largest absolute Gasteiger partial charge is 0.488 e. The summed E-state index contributed by atoms with van der Waals surface area (Å²) < 4.78 is 11.6. The molecule has 0 amide bonds. The van der Waals surface area contributed by atoms with Crippen molar-refractivity contribution in [2.24, 2.45) is 0 Å². The topological polar surface area (TPSA) is 38.7 Å². The first-order valence-electron chi connectivity index (χ1n) is 7.36. The molecular formula is C16H22O3. The molecule has 1 fully saturated rings. The van der Waals surface area contributed by atoms with Crippen LogP contribution in [0.25, 0.3) is 0 Å². The van der Waals surface area contributed by atoms with Gasteiger partial charge in [-0.25, -0.2) is 0 Å². The van der Waals surface area contributed by atoms with Gasteiger partial charge >= 0.3 is 0 Å². The average Bonchev–Trinajstić information content (AvgIpc) is 2.86. The molecule has 19 heavy (non-hydrogen) atoms. The van der Waals surface area contributed by atoms with Crippen molar-refractivity contribution >= 4 is 0 Å². The predicted molar refractivity (Wildman–Crippen MR) is 73.5 cm³/mol. The van der Waals surface area contributed by atoms with Gasteiger partial charge in [0.2, 0.25) is 0 Å². The van der Waals surface area contributed by atoms with E-state index < -0.39 is 0 Å². The standard InChI is InChI=1S/C16H22O3/c1-2-8-18-16-14(17)10-15(16)19-13-7-6-11-4-3-5-12(11)9-13/h6-7,9,14-17H,2-5,8,10H2,1H3. The van der Waals surface area contributed by atoms with Crippen LogP contribution in [-0.2, 0) is 17.6 Å². The maximum atomic E-state index is 9.73. The maximum Gasteiger partial charge on any atom is 0.130 e. The second-order valence-corrected chi connectivity index (χ2v) is 5.58. The molecule has 0 saturated heterocycles. The summed E-state index contributed by atoms with van der Waals surface area (Å²) in [5.41, 5.74) is 2.88. The predicted octanol–water partition coefficient (Wildman–Crippen LogP) is 2.48. The molecule has 2 aliphatic rings. The third-order valence-corrected chi connectivity index (χ3v) is 4.09. The van der Waals surface area contributed by atoms with E-state index in [9.17, 15) is 5.11 Å². The van der Waals surface area contributed by atoms with E-state index >= 15 is 0 Å². The van der Waals surface area contributed by atoms with E-state index in [1.54, 1.807) is 0 Å². The fourth-order valence-corrected chi connectivity index (χ4v) is 2.94. The molecule has 0 heterocycles. The van der Waals surface area contributed by atoms with E-state index in [2.05, 4.69) is 19.1 Å². The van der Waals surface area contributed by atoms with Crippen molar-refractivity contribution in [1.82, 2.24) is 0 Å². The first-order valence-corrected chi connectivity index (χ1v) is 7.36. The van der Waals surface area contributed by atoms with Crippen molar-refractivity contribution in [3.63, 3.8) is 0 Å². The van der Waals surface area contributed by atoms with Crippen LogP contribution in [0.2, 0.25) is 0 Å². The van der Waals surface area contributed by atoms with Crippen molar-refractivity contribution in [2.45, 2.75) is 57.3 Å². The van der Waals surface area contributed by atoms with Gasteiger partial charge in [-0.1, -0.05) is 13.0 Å². The van der Waals surface area contributed by atoms with Crippen molar-refractivity contribution in [3.05, 3.63) is 29.3 Å². The molecule has 104 valence electrons. The number of rotatable bonds is 5. The molecule has 2 aliphatic carbocycles. The lowest BCUT2D eigenvalue weighted by Crippen LogP contribution is -2.55. The lowest BCUT2D eigenvalue weighted by atomic mass is 9.88. The van der Waals surface area contributed by atoms with Crippen LogP contribution < -0.4 is 4.74 Å². The van der Waals surface area contributed by atoms with Crippen LogP contribution in [0.15, 0.2) is 18.2 Å². The molecule has 1 saturated carbocycles. The molecule has 0 radical (unpaired) electrons. The Balaban J connectivity index is 1.62. The zero-order valence-corrected chi connectivity index (χ0v) is 11.5. The number of hydrogen-bond donors (Lipinski definition) is 1. The van der Waals surface area contributed by atoms with Gasteiger partial charge < -0.3 is 14.6 Å². The highest BCUT2D eigenvalue weighted by atomic mass is 16.6. The Morgan fingerprint density at radius 2 is 2.11 bits per heavy atom. The minimum Gasteiger partial charge on any atom is -0.488 e. The van der Waals surface area contributed by atoms with E-state index in [1.165, 1.54) is 24.0 Å². The SMILES string of the molecule is CCCOC1C(O)CC1Oc1ccc2c(c1)CCC2. The quantitative estimate of drug-likeness (QED) is 0.886. The molecule has 1 aromatic rings. The molecule has 3 unspecified atom stereocenters. The highest BCUT2D eigenvalue weighted by Gasteiger charge is 2.42. The van der Waals surface area contributed by atoms with Gasteiger partial charge in [-0.2, -0.15) is 0 Å². The summed E-state index contributed by atoms with van der Waals surface area (Å²) in [6.45, 7) is 2.76. The number of benzene rings is 1. The van der Waals surface area contributed by atoms with Crippen LogP contribution in [0, 0.1) is 0 Å². The molecule has 3 nitrogen and oxygen atoms in total. The van der Waals surface area contributed by atoms with Gasteiger partial charge in [0, 0.05) is 13.0 Å². The Hall–Kier alpha value is -1.06. The molecule has 3 rings (SSSR count). The summed E-state index contributed by atoms with van der Waals surface area (Å²) in [6.07, 6.45) is 4.72. The number of aryl methyl sites for hydroxylation is 2. The molecule has 1 N–H and O–H groups in total. The van der Waals surface area contributed by atoms with Crippen molar-refractivity contribution < 1.29 is 14.6 Å². The number of fused-ring (bicyclic) bond motifs is 1. The zero-order chi connectivity index (χ0) is 13.2. The summed E-state index contributed by atoms with van der Waals surface area (Å²) in [5.74, 6) is 0.919. The smallest absolute Gasteiger partial charge is 0.130 e. The van der Waals surface area contributed by atoms with Gasteiger partial charge in [0.25, 0.3) is 0 Å². The maximum absolute atomic E-state index is 9.73. The Morgan fingerprint density at radius 1 is 1.26 bits per heavy atom. The molecule has 1 aromatic carbocycles. The Morgan fingerprint density at radius 3 is 2.89 bits per heavy atom. The monoisotopic (exact) mass is 262 g/mol. The average molecular weight is 262 g/mol. The Kier molecular flexibility index (Phi) is 3.76. The Labute approximate surface area is 114 Å². The van der Waals surface area contributed by atoms with Crippen LogP contribution in [0.4, 0.5) is 0 Å². The normalized spacial score (nSPS) is 28.8. The molecule has 0 aromatic heterocycles. The molecule has 0 aliphatic heterocycles. The van der Waals surface area contributed by atoms with Crippen LogP contribution in [0.3, 0.4) is 0 Å². The van der Waals surface area contributed by atoms with E-state index in [-0.39, 0.29) is 18.3 Å². The summed E-state index contributed by atoms with van der Waals surface area (Å²) in [6, 6.07) is 6.38. The molecule has 0 spiro atoms. The highest BCUT2D eigenvalue weighted by molar-refractivity contribution is 5.38. The van der Waals surface area contributed by atoms with Gasteiger partial charge in [0.05, 0.1) is 6.10 Å². The van der Waals surface area contributed by atoms with Gasteiger partial charge in [-0.3, -0.25) is 0 Å². The van der Waals surface area contributed by atoms with Gasteiger partial charge in [0.15, 0.2) is 0 Å². The fourth-order valence-electron chi connectivity index (χ4n) is 2.94. The second kappa shape index (κ2) is 5.51. The van der Waals surface area contributed by atoms with E-state index in [4.69, 9.17) is 9.47 Å². The second-order valence-electron chi connectivity index (χ2n) is 5.58. The van der Waals surface area contributed by atoms with Crippen LogP contribution in [-0.4, -0.2) is 30.0 Å². The third kappa shape index (κ3) is 2.63. The van der Waals surface area contributed by atoms with Crippen LogP contribution in [0.1, 0.15) is 37.3 Å². The Bertz CT molecular complexity index is 444. The minimum absolute atomic E-state index is 0.000929. The summed E-state index contributed by atoms with van der Waals surface area (Å²) in [5, 5.41) is 9.73. The lowest BCUT2D eigenvalue weighted by molar-refractivity contribution is -0.162. The van der Waals surface area contributed by atoms with Crippen molar-refractivity contribution in [3.8, 4) is 5.75 Å². The molecule has 0 bridgehead atoms. The number of aliphatic hydroxyl groups excluding tert-OH is 1. The summed E-state index contributed by atoms with van der Waals surface area (Å²) in [7, 11) is 0. The van der Waals surface area contributed by atoms with Crippen LogP contribution >= 0.6 is 0 Å². The van der Waals surface area contributed by atoms with Crippen LogP contribution in [0.5, 0.6) is 5.75 Å². The van der Waals surface area contributed by atoms with E-state index in [0.717, 1.165) is 18.6 Å². The third-order valence-electron chi connectivity index (χ3n) is 4.09. The number of hydrogen-bond acceptors (Lipinski definition) is 3. The molecular weight excluding hydrogens is 240 g/mol. The van der Waals surface area contributed by atoms with Gasteiger partial charge in [-0.05, 0) is 48.9 Å². The summed E-state index contributed by atoms with van der Waals surface area (Å²) in [4.78, 5) is 0. The summed E-state index contributed by atoms with van der Waals surface area (Å²) >= 11 is 0. The molecule has 3 heteroatoms. The first kappa shape index (κ1) is 12.9. The number of aliphatic hydroxyl groups is 1. The zero-order valence-electron chi connectivity index (χ0n) is 11.5. The fraction of sp³-hybridized carbons (Fsp3) is 0.625. The number of ether oxygens (including phenoxy) is 2. The van der Waals surface area contributed by atoms with E-state index in [0.29, 0.717) is 13.0 Å². The van der Waals surface area contributed by atoms with Gasteiger partial charge in [-0.15, -0.1) is 0 Å². The van der Waals surface area contributed by atoms with Crippen molar-refractivity contribution in [1.29, 1.82) is 0 Å². The highest BCUT2D eigenvalue weighted by Crippen LogP contribution is 2.31.